The highest BCUT2D eigenvalue weighted by molar-refractivity contribution is 5.80. The summed E-state index contributed by atoms with van der Waals surface area (Å²) in [7, 11) is 0. The second-order valence-electron chi connectivity index (χ2n) is 6.24. The van der Waals surface area contributed by atoms with E-state index in [1.807, 2.05) is 20.8 Å². The first kappa shape index (κ1) is 18.4. The van der Waals surface area contributed by atoms with Crippen molar-refractivity contribution in [3.05, 3.63) is 12.7 Å². The van der Waals surface area contributed by atoms with E-state index in [2.05, 4.69) is 16.4 Å². The largest absolute Gasteiger partial charge is 0.511 e. The van der Waals surface area contributed by atoms with Gasteiger partial charge in [0.05, 0.1) is 0 Å². The molecule has 0 rings (SSSR count). The minimum Gasteiger partial charge on any atom is -0.428 e. The van der Waals surface area contributed by atoms with Gasteiger partial charge in [0, 0.05) is 13.0 Å². The quantitative estimate of drug-likeness (QED) is 0.245. The number of hydrogen-bond acceptors (Lipinski definition) is 6. The summed E-state index contributed by atoms with van der Waals surface area (Å²) in [5, 5.41) is 0. The number of rotatable bonds is 6. The second-order valence-corrected chi connectivity index (χ2v) is 6.24. The normalized spacial score (nSPS) is 13.3. The molecule has 0 aliphatic heterocycles. The molecule has 0 aromatic heterocycles. The minimum absolute atomic E-state index is 0.00534. The molecule has 0 fully saturated rings. The summed E-state index contributed by atoms with van der Waals surface area (Å²) >= 11 is 0. The molecule has 0 aromatic rings. The van der Waals surface area contributed by atoms with E-state index >= 15 is 0 Å². The predicted molar refractivity (Wildman–Crippen MR) is 72.6 cm³/mol. The molecule has 116 valence electrons. The lowest BCUT2D eigenvalue weighted by atomic mass is 9.84. The first-order valence-electron chi connectivity index (χ1n) is 6.34. The van der Waals surface area contributed by atoms with Gasteiger partial charge in [-0.1, -0.05) is 27.4 Å². The molecule has 1 unspecified atom stereocenters. The molecule has 0 radical (unpaired) electrons. The van der Waals surface area contributed by atoms with Crippen LogP contribution in [0.25, 0.3) is 0 Å². The van der Waals surface area contributed by atoms with Crippen LogP contribution in [0.5, 0.6) is 0 Å². The van der Waals surface area contributed by atoms with Crippen LogP contribution in [-0.2, 0) is 24.0 Å². The van der Waals surface area contributed by atoms with Crippen LogP contribution in [0.15, 0.2) is 12.7 Å². The smallest absolute Gasteiger partial charge is 0.428 e. The Bertz CT molecular complexity index is 353. The highest BCUT2D eigenvalue weighted by Crippen LogP contribution is 2.29. The van der Waals surface area contributed by atoms with Gasteiger partial charge in [-0.2, -0.15) is 0 Å². The van der Waals surface area contributed by atoms with Crippen molar-refractivity contribution in [2.24, 2.45) is 5.41 Å². The van der Waals surface area contributed by atoms with Crippen LogP contribution >= 0.6 is 0 Å². The Hall–Kier alpha value is -1.56. The van der Waals surface area contributed by atoms with Gasteiger partial charge in [0.1, 0.15) is 5.60 Å². The predicted octanol–water partition coefficient (Wildman–Crippen LogP) is 3.36. The molecule has 0 spiro atoms. The van der Waals surface area contributed by atoms with Gasteiger partial charge in [-0.3, -0.25) is 4.89 Å². The van der Waals surface area contributed by atoms with E-state index in [-0.39, 0.29) is 5.41 Å². The van der Waals surface area contributed by atoms with Crippen LogP contribution in [0.3, 0.4) is 0 Å². The van der Waals surface area contributed by atoms with Crippen molar-refractivity contribution in [2.45, 2.75) is 59.9 Å². The third-order valence-corrected chi connectivity index (χ3v) is 2.01. The lowest BCUT2D eigenvalue weighted by molar-refractivity contribution is -0.335. The standard InChI is InChI=1S/C14H24O6/c1-8-11(15)20-19-10(2)17-12(16)18-14(6,7)9-13(3,4)5/h8,10H,1,9H2,2-7H3. The van der Waals surface area contributed by atoms with Gasteiger partial charge in [0.25, 0.3) is 0 Å². The SMILES string of the molecule is C=CC(=O)OOC(C)OC(=O)OC(C)(C)CC(C)(C)C. The fourth-order valence-corrected chi connectivity index (χ4v) is 1.87. The highest BCUT2D eigenvalue weighted by atomic mass is 17.2. The van der Waals surface area contributed by atoms with Gasteiger partial charge in [-0.15, -0.1) is 4.89 Å². The maximum Gasteiger partial charge on any atom is 0.511 e. The molecule has 0 saturated carbocycles. The third-order valence-electron chi connectivity index (χ3n) is 2.01. The molecule has 0 heterocycles. The van der Waals surface area contributed by atoms with Crippen molar-refractivity contribution in [2.75, 3.05) is 0 Å². The lowest BCUT2D eigenvalue weighted by Gasteiger charge is -2.31. The molecule has 0 aliphatic rings. The maximum absolute atomic E-state index is 11.6. The Morgan fingerprint density at radius 2 is 1.75 bits per heavy atom. The van der Waals surface area contributed by atoms with Crippen LogP contribution in [0.4, 0.5) is 4.79 Å². The van der Waals surface area contributed by atoms with E-state index in [1.165, 1.54) is 6.92 Å². The number of carbonyl (C=O) groups excluding carboxylic acids is 2. The van der Waals surface area contributed by atoms with Crippen LogP contribution in [0.1, 0.15) is 48.0 Å². The number of hydrogen-bond donors (Lipinski definition) is 0. The first-order valence-corrected chi connectivity index (χ1v) is 6.34. The van der Waals surface area contributed by atoms with Crippen LogP contribution in [0, 0.1) is 5.41 Å². The van der Waals surface area contributed by atoms with Gasteiger partial charge in [0.15, 0.2) is 0 Å². The van der Waals surface area contributed by atoms with Gasteiger partial charge < -0.3 is 9.47 Å². The summed E-state index contributed by atoms with van der Waals surface area (Å²) in [6.07, 6.45) is -0.369. The second kappa shape index (κ2) is 7.28. The number of ether oxygens (including phenoxy) is 2. The highest BCUT2D eigenvalue weighted by Gasteiger charge is 2.30. The maximum atomic E-state index is 11.6. The molecule has 0 amide bonds. The van der Waals surface area contributed by atoms with E-state index in [0.717, 1.165) is 6.08 Å². The van der Waals surface area contributed by atoms with Crippen molar-refractivity contribution >= 4 is 12.1 Å². The summed E-state index contributed by atoms with van der Waals surface area (Å²) in [5.41, 5.74) is -0.668. The molecule has 20 heavy (non-hydrogen) atoms. The molecule has 6 nitrogen and oxygen atoms in total. The minimum atomic E-state index is -1.07. The molecular weight excluding hydrogens is 264 g/mol. The Morgan fingerprint density at radius 1 is 1.20 bits per heavy atom. The summed E-state index contributed by atoms with van der Waals surface area (Å²) in [6.45, 7) is 14.3. The number of carbonyl (C=O) groups is 2. The molecule has 6 heteroatoms. The zero-order valence-electron chi connectivity index (χ0n) is 13.0. The molecule has 0 aliphatic carbocycles. The lowest BCUT2D eigenvalue weighted by Crippen LogP contribution is -2.34. The molecule has 0 bridgehead atoms. The van der Waals surface area contributed by atoms with Crippen LogP contribution in [-0.4, -0.2) is 24.0 Å². The summed E-state index contributed by atoms with van der Waals surface area (Å²) in [5.74, 6) is -0.776. The Kier molecular flexibility index (Phi) is 6.72. The molecule has 1 atom stereocenters. The fourth-order valence-electron chi connectivity index (χ4n) is 1.87. The molecule has 0 saturated heterocycles. The van der Waals surface area contributed by atoms with E-state index < -0.39 is 24.0 Å². The van der Waals surface area contributed by atoms with E-state index in [1.54, 1.807) is 13.8 Å². The van der Waals surface area contributed by atoms with Crippen LogP contribution in [0.2, 0.25) is 0 Å². The summed E-state index contributed by atoms with van der Waals surface area (Å²) in [4.78, 5) is 31.1. The summed E-state index contributed by atoms with van der Waals surface area (Å²) < 4.78 is 10.0. The monoisotopic (exact) mass is 288 g/mol. The van der Waals surface area contributed by atoms with Crippen molar-refractivity contribution < 1.29 is 28.8 Å². The molecular formula is C14H24O6. The van der Waals surface area contributed by atoms with Crippen molar-refractivity contribution in [3.8, 4) is 0 Å². The van der Waals surface area contributed by atoms with Crippen LogP contribution < -0.4 is 0 Å². The molecule has 0 aromatic carbocycles. The van der Waals surface area contributed by atoms with Gasteiger partial charge in [-0.05, 0) is 25.7 Å². The Morgan fingerprint density at radius 3 is 2.20 bits per heavy atom. The Labute approximate surface area is 120 Å². The first-order chi connectivity index (χ1) is 8.95. The van der Waals surface area contributed by atoms with E-state index in [4.69, 9.17) is 9.47 Å². The third kappa shape index (κ3) is 9.38. The topological polar surface area (TPSA) is 71.1 Å². The fraction of sp³-hybridized carbons (Fsp3) is 0.714. The molecule has 0 N–H and O–H groups in total. The van der Waals surface area contributed by atoms with Crippen molar-refractivity contribution in [3.63, 3.8) is 0 Å². The zero-order valence-corrected chi connectivity index (χ0v) is 13.0. The van der Waals surface area contributed by atoms with E-state index in [0.29, 0.717) is 6.42 Å². The van der Waals surface area contributed by atoms with E-state index in [9.17, 15) is 9.59 Å². The Balaban J connectivity index is 4.21. The van der Waals surface area contributed by atoms with Crippen molar-refractivity contribution in [1.29, 1.82) is 0 Å². The van der Waals surface area contributed by atoms with Crippen molar-refractivity contribution in [1.82, 2.24) is 0 Å². The van der Waals surface area contributed by atoms with Gasteiger partial charge in [0.2, 0.25) is 6.29 Å². The van der Waals surface area contributed by atoms with Gasteiger partial charge >= 0.3 is 12.1 Å². The zero-order chi connectivity index (χ0) is 16.0. The average molecular weight is 288 g/mol. The van der Waals surface area contributed by atoms with Gasteiger partial charge in [-0.25, -0.2) is 9.59 Å². The summed E-state index contributed by atoms with van der Waals surface area (Å²) in [6, 6.07) is 0. The average Bonchev–Trinajstić information content (AvgIpc) is 2.20.